The Morgan fingerprint density at radius 3 is 1.29 bits per heavy atom. The Hall–Kier alpha value is 0.439. The van der Waals surface area contributed by atoms with Gasteiger partial charge in [-0.3, -0.25) is 4.79 Å². The molecular formula is C14H28O4S2Sn. The Morgan fingerprint density at radius 2 is 1.29 bits per heavy atom. The fourth-order valence-corrected chi connectivity index (χ4v) is 0.537. The zero-order valence-electron chi connectivity index (χ0n) is 13.9. The van der Waals surface area contributed by atoms with E-state index in [1.807, 2.05) is 0 Å². The summed E-state index contributed by atoms with van der Waals surface area (Å²) in [5.41, 5.74) is 0. The maximum atomic E-state index is 9.55. The van der Waals surface area contributed by atoms with Gasteiger partial charge in [0, 0.05) is 11.7 Å². The molecule has 7 heteroatoms. The first-order chi connectivity index (χ1) is 9.00. The summed E-state index contributed by atoms with van der Waals surface area (Å²) in [4.78, 5) is 19.0. The number of hydrogen-bond acceptors (Lipinski definition) is 5. The minimum atomic E-state index is -1.06. The largest absolute Gasteiger partial charge is 2.00 e. The van der Waals surface area contributed by atoms with Gasteiger partial charge in [0.2, 0.25) is 0 Å². The van der Waals surface area contributed by atoms with Crippen LogP contribution < -0.4 is 5.11 Å². The first-order valence-corrected chi connectivity index (χ1v) is 7.36. The van der Waals surface area contributed by atoms with Crippen molar-refractivity contribution >= 4 is 61.1 Å². The van der Waals surface area contributed by atoms with Crippen LogP contribution in [0.15, 0.2) is 0 Å². The first kappa shape index (κ1) is 33.1. The van der Waals surface area contributed by atoms with Crippen LogP contribution in [0.2, 0.25) is 0 Å². The van der Waals surface area contributed by atoms with Gasteiger partial charge in [-0.2, -0.15) is 18.4 Å². The molecular weight excluding hydrogens is 415 g/mol. The SMILES string of the molecule is C[C](C)C.C[C](C)C.O=C(O)CCS.O=C([O-])CC[S-].[Sn+2]. The average Bonchev–Trinajstić information content (AvgIpc) is 2.15. The molecule has 1 N–H and O–H groups in total. The van der Waals surface area contributed by atoms with E-state index in [-0.39, 0.29) is 42.5 Å². The Labute approximate surface area is 158 Å². The minimum Gasteiger partial charge on any atom is -0.792 e. The van der Waals surface area contributed by atoms with Gasteiger partial charge in [-0.15, -0.1) is 0 Å². The number of carboxylic acids is 2. The minimum absolute atomic E-state index is 0. The topological polar surface area (TPSA) is 77.4 Å². The van der Waals surface area contributed by atoms with E-state index in [0.29, 0.717) is 5.75 Å². The summed E-state index contributed by atoms with van der Waals surface area (Å²) in [5.74, 6) is 1.66. The second-order valence-electron chi connectivity index (χ2n) is 4.69. The van der Waals surface area contributed by atoms with E-state index < -0.39 is 11.9 Å². The molecule has 0 atom stereocenters. The maximum absolute atomic E-state index is 9.55. The summed E-state index contributed by atoms with van der Waals surface area (Å²) in [7, 11) is 0. The van der Waals surface area contributed by atoms with Gasteiger partial charge in [0.15, 0.2) is 0 Å². The molecule has 4 nitrogen and oxygen atoms in total. The van der Waals surface area contributed by atoms with E-state index in [1.165, 1.54) is 11.8 Å². The molecule has 0 aliphatic carbocycles. The van der Waals surface area contributed by atoms with Crippen LogP contribution in [0.3, 0.4) is 0 Å². The third-order valence-corrected chi connectivity index (χ3v) is 1.06. The number of rotatable bonds is 4. The molecule has 0 saturated carbocycles. The van der Waals surface area contributed by atoms with Gasteiger partial charge in [0.25, 0.3) is 0 Å². The van der Waals surface area contributed by atoms with Gasteiger partial charge in [0.05, 0.1) is 6.42 Å². The van der Waals surface area contributed by atoms with E-state index in [1.54, 1.807) is 0 Å². The molecule has 0 aliphatic rings. The Bertz CT molecular complexity index is 186. The molecule has 0 aromatic heterocycles. The van der Waals surface area contributed by atoms with Crippen molar-refractivity contribution in [2.45, 2.75) is 54.4 Å². The van der Waals surface area contributed by atoms with E-state index >= 15 is 0 Å². The first-order valence-electron chi connectivity index (χ1n) is 6.15. The van der Waals surface area contributed by atoms with E-state index in [9.17, 15) is 14.7 Å². The quantitative estimate of drug-likeness (QED) is 0.395. The van der Waals surface area contributed by atoms with Crippen LogP contribution in [-0.4, -0.2) is 52.5 Å². The Kier molecular flexibility index (Phi) is 45.1. The predicted octanol–water partition coefficient (Wildman–Crippen LogP) is 1.92. The molecule has 124 valence electrons. The molecule has 0 heterocycles. The number of aliphatic carboxylic acids is 2. The molecule has 0 amide bonds. The number of carbonyl (C=O) groups is 2. The van der Waals surface area contributed by atoms with Crippen LogP contribution in [0.4, 0.5) is 0 Å². The standard InChI is InChI=1S/2C4H9.2C3H6O2S.Sn/c2*1-4(2)3;2*4-3(5)1-2-6;/h2*1-3H3;2*6H,1-2H2,(H,4,5);/q;;;;+2/p-2. The molecule has 0 fully saturated rings. The zero-order chi connectivity index (χ0) is 17.1. The van der Waals surface area contributed by atoms with Gasteiger partial charge < -0.3 is 27.6 Å². The van der Waals surface area contributed by atoms with E-state index in [4.69, 9.17) is 5.11 Å². The molecule has 0 spiro atoms. The Balaban J connectivity index is -0.0000000544. The predicted molar refractivity (Wildman–Crippen MR) is 94.2 cm³/mol. The smallest absolute Gasteiger partial charge is 0.792 e. The summed E-state index contributed by atoms with van der Waals surface area (Å²) in [6.45, 7) is 12.5. The van der Waals surface area contributed by atoms with Crippen molar-refractivity contribution in [1.29, 1.82) is 0 Å². The van der Waals surface area contributed by atoms with Crippen LogP contribution in [0.1, 0.15) is 54.4 Å². The molecule has 0 bridgehead atoms. The normalized spacial score (nSPS) is 8.10. The van der Waals surface area contributed by atoms with Crippen molar-refractivity contribution in [3.05, 3.63) is 11.8 Å². The summed E-state index contributed by atoms with van der Waals surface area (Å²) in [6.07, 6.45) is 0.151. The van der Waals surface area contributed by atoms with Crippen molar-refractivity contribution in [2.75, 3.05) is 11.5 Å². The molecule has 21 heavy (non-hydrogen) atoms. The fraction of sp³-hybridized carbons (Fsp3) is 0.714. The van der Waals surface area contributed by atoms with Gasteiger partial charge >= 0.3 is 29.9 Å². The second kappa shape index (κ2) is 28.6. The summed E-state index contributed by atoms with van der Waals surface area (Å²) >= 11 is 7.99. The van der Waals surface area contributed by atoms with Crippen LogP contribution >= 0.6 is 12.6 Å². The third kappa shape index (κ3) is 168. The molecule has 4 radical (unpaired) electrons. The second-order valence-corrected chi connectivity index (χ2v) is 5.55. The van der Waals surface area contributed by atoms with Crippen molar-refractivity contribution in [3.8, 4) is 0 Å². The van der Waals surface area contributed by atoms with Crippen LogP contribution in [0, 0.1) is 11.8 Å². The summed E-state index contributed by atoms with van der Waals surface area (Å²) < 4.78 is 0. The fourth-order valence-electron chi connectivity index (χ4n) is 0.179. The van der Waals surface area contributed by atoms with Gasteiger partial charge in [-0.05, 0) is 18.3 Å². The maximum Gasteiger partial charge on any atom is 2.00 e. The third-order valence-electron chi connectivity index (χ3n) is 0.632. The number of carbonyl (C=O) groups excluding carboxylic acids is 1. The summed E-state index contributed by atoms with van der Waals surface area (Å²) in [6, 6.07) is 0. The Morgan fingerprint density at radius 1 is 1.00 bits per heavy atom. The number of thiol groups is 1. The number of hydrogen-bond donors (Lipinski definition) is 2. The average molecular weight is 443 g/mol. The van der Waals surface area contributed by atoms with Crippen molar-refractivity contribution in [3.63, 3.8) is 0 Å². The van der Waals surface area contributed by atoms with Gasteiger partial charge in [0.1, 0.15) is 0 Å². The molecule has 0 saturated heterocycles. The molecule has 0 aromatic carbocycles. The van der Waals surface area contributed by atoms with E-state index in [0.717, 1.165) is 0 Å². The van der Waals surface area contributed by atoms with Crippen molar-refractivity contribution < 1.29 is 19.8 Å². The molecule has 0 aliphatic heterocycles. The van der Waals surface area contributed by atoms with Crippen molar-refractivity contribution in [1.82, 2.24) is 0 Å². The van der Waals surface area contributed by atoms with Gasteiger partial charge in [-0.25, -0.2) is 0 Å². The van der Waals surface area contributed by atoms with Crippen LogP contribution in [0.5, 0.6) is 0 Å². The van der Waals surface area contributed by atoms with Crippen LogP contribution in [0.25, 0.3) is 0 Å². The zero-order valence-corrected chi connectivity index (χ0v) is 18.4. The van der Waals surface area contributed by atoms with Gasteiger partial charge in [-0.1, -0.05) is 41.5 Å². The summed E-state index contributed by atoms with van der Waals surface area (Å²) in [5, 5.41) is 17.3. The monoisotopic (exact) mass is 444 g/mol. The van der Waals surface area contributed by atoms with Crippen LogP contribution in [-0.2, 0) is 22.2 Å². The number of carboxylic acid groups (broad SMARTS) is 2. The van der Waals surface area contributed by atoms with E-state index in [2.05, 4.69) is 66.8 Å². The molecule has 0 rings (SSSR count). The molecule has 0 unspecified atom stereocenters. The molecule has 0 aromatic rings. The van der Waals surface area contributed by atoms with Crippen molar-refractivity contribution in [2.24, 2.45) is 0 Å².